The SMILES string of the molecule is CCNC(=NCC1(CC)CCC1)NCCCCNc1ccccn1. The predicted octanol–water partition coefficient (Wildman–Crippen LogP) is 3.41. The quantitative estimate of drug-likeness (QED) is 0.349. The molecule has 0 aliphatic heterocycles. The summed E-state index contributed by atoms with van der Waals surface area (Å²) in [4.78, 5) is 9.07. The second-order valence-electron chi connectivity index (χ2n) is 6.68. The lowest BCUT2D eigenvalue weighted by molar-refractivity contribution is 0.139. The molecule has 0 bridgehead atoms. The van der Waals surface area contributed by atoms with E-state index in [0.29, 0.717) is 5.41 Å². The van der Waals surface area contributed by atoms with Gasteiger partial charge >= 0.3 is 0 Å². The molecular weight excluding hydrogens is 298 g/mol. The monoisotopic (exact) mass is 331 g/mol. The Morgan fingerprint density at radius 2 is 2.00 bits per heavy atom. The molecule has 0 spiro atoms. The molecule has 0 amide bonds. The van der Waals surface area contributed by atoms with E-state index >= 15 is 0 Å². The lowest BCUT2D eigenvalue weighted by atomic mass is 9.67. The van der Waals surface area contributed by atoms with Gasteiger partial charge in [-0.1, -0.05) is 19.4 Å². The Morgan fingerprint density at radius 1 is 1.17 bits per heavy atom. The van der Waals surface area contributed by atoms with Gasteiger partial charge in [-0.15, -0.1) is 0 Å². The molecule has 24 heavy (non-hydrogen) atoms. The van der Waals surface area contributed by atoms with E-state index in [-0.39, 0.29) is 0 Å². The number of aliphatic imine (C=N–C) groups is 1. The zero-order valence-corrected chi connectivity index (χ0v) is 15.3. The first-order chi connectivity index (χ1) is 11.8. The number of hydrogen-bond acceptors (Lipinski definition) is 3. The minimum Gasteiger partial charge on any atom is -0.370 e. The summed E-state index contributed by atoms with van der Waals surface area (Å²) in [6, 6.07) is 5.93. The van der Waals surface area contributed by atoms with Crippen LogP contribution in [0.2, 0.25) is 0 Å². The highest BCUT2D eigenvalue weighted by Gasteiger charge is 2.34. The molecule has 1 saturated carbocycles. The molecule has 1 aromatic heterocycles. The van der Waals surface area contributed by atoms with E-state index in [0.717, 1.165) is 50.8 Å². The molecule has 2 rings (SSSR count). The normalized spacial score (nSPS) is 16.3. The number of anilines is 1. The van der Waals surface area contributed by atoms with Gasteiger partial charge in [-0.3, -0.25) is 4.99 Å². The number of hydrogen-bond donors (Lipinski definition) is 3. The number of nitrogens with zero attached hydrogens (tertiary/aromatic N) is 2. The van der Waals surface area contributed by atoms with Gasteiger partial charge < -0.3 is 16.0 Å². The van der Waals surface area contributed by atoms with Gasteiger partial charge in [0.15, 0.2) is 5.96 Å². The first-order valence-electron chi connectivity index (χ1n) is 9.45. The van der Waals surface area contributed by atoms with E-state index in [4.69, 9.17) is 4.99 Å². The standard InChI is InChI=1S/C19H33N5/c1-3-19(11-9-12-19)16-24-18(20-4-2)23-15-8-7-14-22-17-10-5-6-13-21-17/h5-6,10,13H,3-4,7-9,11-12,14-16H2,1-2H3,(H,21,22)(H2,20,23,24). The van der Waals surface area contributed by atoms with Crippen molar-refractivity contribution >= 4 is 11.8 Å². The average molecular weight is 332 g/mol. The van der Waals surface area contributed by atoms with E-state index < -0.39 is 0 Å². The Kier molecular flexibility index (Phi) is 7.86. The van der Waals surface area contributed by atoms with Gasteiger partial charge in [0, 0.05) is 32.4 Å². The van der Waals surface area contributed by atoms with Crippen LogP contribution in [-0.4, -0.2) is 37.1 Å². The molecule has 0 radical (unpaired) electrons. The Bertz CT molecular complexity index is 476. The van der Waals surface area contributed by atoms with Crippen molar-refractivity contribution in [2.75, 3.05) is 31.5 Å². The van der Waals surface area contributed by atoms with Gasteiger partial charge in [0.1, 0.15) is 5.82 Å². The van der Waals surface area contributed by atoms with Crippen LogP contribution in [0.5, 0.6) is 0 Å². The maximum Gasteiger partial charge on any atom is 0.191 e. The maximum absolute atomic E-state index is 4.81. The molecule has 134 valence electrons. The highest BCUT2D eigenvalue weighted by molar-refractivity contribution is 5.79. The third-order valence-electron chi connectivity index (χ3n) is 4.95. The molecule has 0 atom stereocenters. The molecule has 0 unspecified atom stereocenters. The van der Waals surface area contributed by atoms with Crippen molar-refractivity contribution in [3.8, 4) is 0 Å². The van der Waals surface area contributed by atoms with Crippen molar-refractivity contribution in [1.29, 1.82) is 0 Å². The number of guanidine groups is 1. The van der Waals surface area contributed by atoms with Crippen molar-refractivity contribution in [1.82, 2.24) is 15.6 Å². The fourth-order valence-electron chi connectivity index (χ4n) is 3.03. The highest BCUT2D eigenvalue weighted by atomic mass is 15.2. The number of rotatable bonds is 10. The summed E-state index contributed by atoms with van der Waals surface area (Å²) in [6.07, 6.45) is 9.34. The second kappa shape index (κ2) is 10.2. The van der Waals surface area contributed by atoms with Crippen molar-refractivity contribution in [2.24, 2.45) is 10.4 Å². The molecule has 5 nitrogen and oxygen atoms in total. The van der Waals surface area contributed by atoms with Crippen molar-refractivity contribution in [3.05, 3.63) is 24.4 Å². The zero-order valence-electron chi connectivity index (χ0n) is 15.3. The lowest BCUT2D eigenvalue weighted by Gasteiger charge is -2.40. The Balaban J connectivity index is 1.62. The highest BCUT2D eigenvalue weighted by Crippen LogP contribution is 2.43. The summed E-state index contributed by atoms with van der Waals surface area (Å²) in [5, 5.41) is 10.2. The molecule has 1 aliphatic carbocycles. The van der Waals surface area contributed by atoms with Crippen LogP contribution in [0.4, 0.5) is 5.82 Å². The summed E-state index contributed by atoms with van der Waals surface area (Å²) in [7, 11) is 0. The van der Waals surface area contributed by atoms with E-state index in [1.807, 2.05) is 24.4 Å². The van der Waals surface area contributed by atoms with Gasteiger partial charge in [0.25, 0.3) is 0 Å². The topological polar surface area (TPSA) is 61.3 Å². The molecule has 5 heteroatoms. The third-order valence-corrected chi connectivity index (χ3v) is 4.95. The van der Waals surface area contributed by atoms with Crippen LogP contribution in [0.1, 0.15) is 52.4 Å². The number of nitrogens with one attached hydrogen (secondary N) is 3. The number of pyridine rings is 1. The summed E-state index contributed by atoms with van der Waals surface area (Å²) in [5.74, 6) is 1.92. The fourth-order valence-corrected chi connectivity index (χ4v) is 3.03. The smallest absolute Gasteiger partial charge is 0.191 e. The first-order valence-corrected chi connectivity index (χ1v) is 9.45. The van der Waals surface area contributed by atoms with Crippen molar-refractivity contribution in [2.45, 2.75) is 52.4 Å². The van der Waals surface area contributed by atoms with Gasteiger partial charge in [-0.05, 0) is 56.6 Å². The third kappa shape index (κ3) is 6.02. The predicted molar refractivity (Wildman–Crippen MR) is 103 cm³/mol. The van der Waals surface area contributed by atoms with E-state index in [1.54, 1.807) is 0 Å². The van der Waals surface area contributed by atoms with Gasteiger partial charge in [0.2, 0.25) is 0 Å². The van der Waals surface area contributed by atoms with Crippen LogP contribution in [0.25, 0.3) is 0 Å². The van der Waals surface area contributed by atoms with Crippen LogP contribution in [0.15, 0.2) is 29.4 Å². The molecule has 1 aliphatic rings. The summed E-state index contributed by atoms with van der Waals surface area (Å²) < 4.78 is 0. The molecule has 0 aromatic carbocycles. The number of unbranched alkanes of at least 4 members (excludes halogenated alkanes) is 1. The lowest BCUT2D eigenvalue weighted by Crippen LogP contribution is -2.40. The van der Waals surface area contributed by atoms with Crippen LogP contribution in [0.3, 0.4) is 0 Å². The summed E-state index contributed by atoms with van der Waals surface area (Å²) >= 11 is 0. The largest absolute Gasteiger partial charge is 0.370 e. The first kappa shape index (κ1) is 18.6. The van der Waals surface area contributed by atoms with Crippen LogP contribution in [-0.2, 0) is 0 Å². The molecule has 1 heterocycles. The molecule has 1 fully saturated rings. The van der Waals surface area contributed by atoms with E-state index in [1.165, 1.54) is 25.7 Å². The van der Waals surface area contributed by atoms with Crippen LogP contribution < -0.4 is 16.0 Å². The Morgan fingerprint density at radius 3 is 2.62 bits per heavy atom. The van der Waals surface area contributed by atoms with Crippen molar-refractivity contribution in [3.63, 3.8) is 0 Å². The molecular formula is C19H33N5. The van der Waals surface area contributed by atoms with Gasteiger partial charge in [-0.25, -0.2) is 4.98 Å². The molecule has 0 saturated heterocycles. The minimum atomic E-state index is 0.481. The molecule has 1 aromatic rings. The minimum absolute atomic E-state index is 0.481. The van der Waals surface area contributed by atoms with Crippen LogP contribution in [0, 0.1) is 5.41 Å². The summed E-state index contributed by atoms with van der Waals surface area (Å²) in [6.45, 7) is 8.18. The van der Waals surface area contributed by atoms with Gasteiger partial charge in [-0.2, -0.15) is 0 Å². The average Bonchev–Trinajstić information content (AvgIpc) is 2.58. The van der Waals surface area contributed by atoms with Gasteiger partial charge in [0.05, 0.1) is 0 Å². The zero-order chi connectivity index (χ0) is 17.1. The fraction of sp³-hybridized carbons (Fsp3) is 0.684. The van der Waals surface area contributed by atoms with Crippen molar-refractivity contribution < 1.29 is 0 Å². The molecule has 3 N–H and O–H groups in total. The van der Waals surface area contributed by atoms with E-state index in [9.17, 15) is 0 Å². The maximum atomic E-state index is 4.81. The second-order valence-corrected chi connectivity index (χ2v) is 6.68. The Hall–Kier alpha value is -1.78. The van der Waals surface area contributed by atoms with Crippen LogP contribution >= 0.6 is 0 Å². The number of aromatic nitrogens is 1. The van der Waals surface area contributed by atoms with E-state index in [2.05, 4.69) is 34.8 Å². The summed E-state index contributed by atoms with van der Waals surface area (Å²) in [5.41, 5.74) is 0.481. The Labute approximate surface area is 146 Å².